The molecule has 0 amide bonds. The van der Waals surface area contributed by atoms with Crippen LogP contribution in [0.2, 0.25) is 0 Å². The van der Waals surface area contributed by atoms with Crippen LogP contribution in [0.3, 0.4) is 0 Å². The minimum Gasteiger partial charge on any atom is -0.740 e. The zero-order valence-corrected chi connectivity index (χ0v) is 7.76. The summed E-state index contributed by atoms with van der Waals surface area (Å²) >= 11 is -2.59. The quantitative estimate of drug-likeness (QED) is 0.548. The fourth-order valence-electron chi connectivity index (χ4n) is 0.853. The number of nitrogen functional groups attached to an aromatic ring is 1. The Hall–Kier alpha value is -1.27. The summed E-state index contributed by atoms with van der Waals surface area (Å²) in [4.78, 5) is 0. The van der Waals surface area contributed by atoms with Gasteiger partial charge in [-0.2, -0.15) is 0 Å². The third kappa shape index (κ3) is 2.60. The van der Waals surface area contributed by atoms with Crippen molar-refractivity contribution >= 4 is 22.7 Å². The minimum atomic E-state index is -2.59. The zero-order valence-electron chi connectivity index (χ0n) is 6.94. The van der Waals surface area contributed by atoms with Crippen LogP contribution in [0.1, 0.15) is 0 Å². The van der Waals surface area contributed by atoms with E-state index in [1.54, 1.807) is 19.2 Å². The lowest BCUT2D eigenvalue weighted by Crippen LogP contribution is -2.01. The Kier molecular flexibility index (Phi) is 3.10. The molecular formula is C7H9N2O3S-. The van der Waals surface area contributed by atoms with Crippen molar-refractivity contribution in [1.82, 2.24) is 0 Å². The van der Waals surface area contributed by atoms with Crippen molar-refractivity contribution in [1.29, 1.82) is 0 Å². The van der Waals surface area contributed by atoms with Gasteiger partial charge in [0.2, 0.25) is 0 Å². The second kappa shape index (κ2) is 4.11. The van der Waals surface area contributed by atoms with Crippen LogP contribution >= 0.6 is 0 Å². The molecule has 0 aliphatic heterocycles. The van der Waals surface area contributed by atoms with E-state index in [2.05, 4.69) is 9.50 Å². The highest BCUT2D eigenvalue weighted by Gasteiger charge is 2.00. The molecule has 3 N–H and O–H groups in total. The molecule has 1 atom stereocenters. The normalized spacial score (nSPS) is 12.2. The number of benzene rings is 1. The lowest BCUT2D eigenvalue weighted by atomic mass is 10.2. The minimum absolute atomic E-state index is 0.132. The lowest BCUT2D eigenvalue weighted by molar-refractivity contribution is 0.441. The molecule has 1 aromatic carbocycles. The van der Waals surface area contributed by atoms with E-state index in [-0.39, 0.29) is 11.4 Å². The summed E-state index contributed by atoms with van der Waals surface area (Å²) in [6.45, 7) is 0. The van der Waals surface area contributed by atoms with E-state index in [4.69, 9.17) is 5.73 Å². The second-order valence-corrected chi connectivity index (χ2v) is 2.86. The third-order valence-electron chi connectivity index (χ3n) is 1.46. The molecule has 1 rings (SSSR count). The van der Waals surface area contributed by atoms with Crippen LogP contribution in [-0.4, -0.2) is 15.8 Å². The van der Waals surface area contributed by atoms with Gasteiger partial charge in [0.1, 0.15) is 11.4 Å². The van der Waals surface area contributed by atoms with E-state index in [1.165, 1.54) is 6.07 Å². The van der Waals surface area contributed by atoms with E-state index in [1.807, 2.05) is 0 Å². The molecule has 0 heterocycles. The van der Waals surface area contributed by atoms with Gasteiger partial charge in [-0.1, -0.05) is 0 Å². The summed E-state index contributed by atoms with van der Waals surface area (Å²) in [7, 11) is 1.74. The fourth-order valence-corrected chi connectivity index (χ4v) is 1.15. The number of nitrogens with one attached hydrogen (secondary N) is 1. The molecule has 0 spiro atoms. The van der Waals surface area contributed by atoms with Crippen molar-refractivity contribution in [3.05, 3.63) is 18.2 Å². The van der Waals surface area contributed by atoms with E-state index < -0.39 is 11.4 Å². The maximum absolute atomic E-state index is 10.2. The standard InChI is InChI=1S/C7H10N2O3S/c1-9-5-2-3-7(6(8)4-5)12-13(10)11/h2-4,9H,8H2,1H3,(H,10,11)/p-1. The molecule has 0 aliphatic carbocycles. The van der Waals surface area contributed by atoms with Crippen molar-refractivity contribution in [3.8, 4) is 5.75 Å². The highest BCUT2D eigenvalue weighted by molar-refractivity contribution is 7.74. The van der Waals surface area contributed by atoms with E-state index in [0.717, 1.165) is 5.69 Å². The van der Waals surface area contributed by atoms with Crippen molar-refractivity contribution in [2.45, 2.75) is 0 Å². The molecule has 72 valence electrons. The molecule has 0 aliphatic rings. The van der Waals surface area contributed by atoms with E-state index >= 15 is 0 Å². The molecular weight excluding hydrogens is 192 g/mol. The van der Waals surface area contributed by atoms with E-state index in [0.29, 0.717) is 0 Å². The van der Waals surface area contributed by atoms with Crippen LogP contribution in [0.15, 0.2) is 18.2 Å². The van der Waals surface area contributed by atoms with Gasteiger partial charge in [0, 0.05) is 12.7 Å². The first-order chi connectivity index (χ1) is 6.13. The summed E-state index contributed by atoms with van der Waals surface area (Å²) in [6, 6.07) is 4.73. The van der Waals surface area contributed by atoms with Gasteiger partial charge < -0.3 is 19.8 Å². The van der Waals surface area contributed by atoms with E-state index in [9.17, 15) is 8.76 Å². The Morgan fingerprint density at radius 3 is 2.77 bits per heavy atom. The number of hydrogen-bond donors (Lipinski definition) is 2. The van der Waals surface area contributed by atoms with Crippen LogP contribution in [0.25, 0.3) is 0 Å². The zero-order chi connectivity index (χ0) is 9.84. The molecule has 0 saturated heterocycles. The SMILES string of the molecule is CNc1ccc(OS(=O)[O-])c(N)c1. The monoisotopic (exact) mass is 201 g/mol. The maximum atomic E-state index is 10.2. The van der Waals surface area contributed by atoms with Crippen LogP contribution in [-0.2, 0) is 11.4 Å². The summed E-state index contributed by atoms with van der Waals surface area (Å²) < 4.78 is 24.8. The van der Waals surface area contributed by atoms with Gasteiger partial charge in [0.05, 0.1) is 5.69 Å². The summed E-state index contributed by atoms with van der Waals surface area (Å²) in [5, 5.41) is 2.86. The molecule has 1 aromatic rings. The number of hydrogen-bond acceptors (Lipinski definition) is 5. The fraction of sp³-hybridized carbons (Fsp3) is 0.143. The van der Waals surface area contributed by atoms with Crippen LogP contribution in [0.5, 0.6) is 5.75 Å². The first-order valence-corrected chi connectivity index (χ1v) is 4.48. The molecule has 0 saturated carbocycles. The number of anilines is 2. The Bertz CT molecular complexity index is 330. The topological polar surface area (TPSA) is 87.4 Å². The van der Waals surface area contributed by atoms with Gasteiger partial charge in [-0.05, 0) is 18.2 Å². The smallest absolute Gasteiger partial charge is 0.162 e. The van der Waals surface area contributed by atoms with Gasteiger partial charge in [-0.3, -0.25) is 0 Å². The highest BCUT2D eigenvalue weighted by atomic mass is 32.2. The number of rotatable bonds is 3. The van der Waals surface area contributed by atoms with Crippen molar-refractivity contribution in [2.24, 2.45) is 0 Å². The largest absolute Gasteiger partial charge is 0.740 e. The first kappa shape index (κ1) is 9.82. The van der Waals surface area contributed by atoms with Crippen molar-refractivity contribution in [3.63, 3.8) is 0 Å². The second-order valence-electron chi connectivity index (χ2n) is 2.29. The summed E-state index contributed by atoms with van der Waals surface area (Å²) in [5.74, 6) is 0.132. The molecule has 0 fully saturated rings. The Morgan fingerprint density at radius 2 is 2.31 bits per heavy atom. The molecule has 5 nitrogen and oxygen atoms in total. The Labute approximate surface area is 78.4 Å². The molecule has 13 heavy (non-hydrogen) atoms. The Morgan fingerprint density at radius 1 is 1.62 bits per heavy atom. The third-order valence-corrected chi connectivity index (χ3v) is 1.77. The summed E-state index contributed by atoms with van der Waals surface area (Å²) in [6.07, 6.45) is 0. The van der Waals surface area contributed by atoms with Gasteiger partial charge >= 0.3 is 0 Å². The summed E-state index contributed by atoms with van der Waals surface area (Å²) in [5.41, 5.74) is 6.57. The first-order valence-electron chi connectivity index (χ1n) is 3.48. The van der Waals surface area contributed by atoms with Crippen LogP contribution in [0.4, 0.5) is 11.4 Å². The highest BCUT2D eigenvalue weighted by Crippen LogP contribution is 2.25. The van der Waals surface area contributed by atoms with Crippen LogP contribution < -0.4 is 15.2 Å². The predicted molar refractivity (Wildman–Crippen MR) is 49.9 cm³/mol. The number of nitrogens with two attached hydrogens (primary N) is 1. The van der Waals surface area contributed by atoms with Gasteiger partial charge in [-0.25, -0.2) is 4.21 Å². The van der Waals surface area contributed by atoms with Crippen LogP contribution in [0, 0.1) is 0 Å². The van der Waals surface area contributed by atoms with Crippen molar-refractivity contribution < 1.29 is 12.9 Å². The Balaban J connectivity index is 2.91. The predicted octanol–water partition coefficient (Wildman–Crippen LogP) is 0.483. The molecule has 6 heteroatoms. The lowest BCUT2D eigenvalue weighted by Gasteiger charge is -2.10. The molecule has 1 unspecified atom stereocenters. The molecule has 0 radical (unpaired) electrons. The average molecular weight is 201 g/mol. The maximum Gasteiger partial charge on any atom is 0.162 e. The average Bonchev–Trinajstić information content (AvgIpc) is 2.08. The van der Waals surface area contributed by atoms with Gasteiger partial charge in [-0.15, -0.1) is 0 Å². The van der Waals surface area contributed by atoms with Crippen molar-refractivity contribution in [2.75, 3.05) is 18.1 Å². The van der Waals surface area contributed by atoms with Gasteiger partial charge in [0.15, 0.2) is 5.75 Å². The van der Waals surface area contributed by atoms with Gasteiger partial charge in [0.25, 0.3) is 0 Å². The molecule has 0 bridgehead atoms. The molecule has 0 aromatic heterocycles.